The van der Waals surface area contributed by atoms with Crippen LogP contribution in [0, 0.1) is 0 Å². The Morgan fingerprint density at radius 1 is 1.06 bits per heavy atom. The van der Waals surface area contributed by atoms with Crippen LogP contribution in [0.5, 0.6) is 11.6 Å². The number of rotatable bonds is 3. The van der Waals surface area contributed by atoms with Crippen molar-refractivity contribution in [3.8, 4) is 11.6 Å². The van der Waals surface area contributed by atoms with E-state index in [0.29, 0.717) is 0 Å². The van der Waals surface area contributed by atoms with Crippen LogP contribution in [0.15, 0.2) is 59.5 Å². The number of benzene rings is 2. The van der Waals surface area contributed by atoms with E-state index in [1.54, 1.807) is 0 Å². The molecule has 0 saturated heterocycles. The van der Waals surface area contributed by atoms with Gasteiger partial charge in [-0.05, 0) is 48.5 Å². The van der Waals surface area contributed by atoms with Gasteiger partial charge in [0.1, 0.15) is 17.3 Å². The van der Waals surface area contributed by atoms with Gasteiger partial charge in [-0.1, -0.05) is 0 Å². The Morgan fingerprint density at radius 2 is 1.79 bits per heavy atom. The fourth-order valence-electron chi connectivity index (χ4n) is 3.11. The lowest BCUT2D eigenvalue weighted by Crippen LogP contribution is -2.32. The topological polar surface area (TPSA) is 122 Å². The van der Waals surface area contributed by atoms with Gasteiger partial charge < -0.3 is 15.2 Å². The Kier molecular flexibility index (Phi) is 5.57. The van der Waals surface area contributed by atoms with E-state index < -0.39 is 27.7 Å². The fourth-order valence-corrected chi connectivity index (χ4v) is 4.72. The Balaban J connectivity index is 1.65. The quantitative estimate of drug-likeness (QED) is 0.591. The third kappa shape index (κ3) is 4.53. The normalized spacial score (nSPS) is 15.2. The summed E-state index contributed by atoms with van der Waals surface area (Å²) in [4.78, 5) is 12.1. The molecule has 0 spiro atoms. The minimum atomic E-state index is -4.55. The molecule has 2 aromatic carbocycles. The summed E-state index contributed by atoms with van der Waals surface area (Å²) in [5, 5.41) is 18.6. The first-order valence-electron chi connectivity index (χ1n) is 9.36. The maximum atomic E-state index is 13.3. The third-order valence-electron chi connectivity index (χ3n) is 4.69. The lowest BCUT2D eigenvalue weighted by atomic mass is 10.2. The number of nitrogens with zero attached hydrogens (tertiary/aromatic N) is 3. The lowest BCUT2D eigenvalue weighted by Gasteiger charge is -2.22. The molecule has 33 heavy (non-hydrogen) atoms. The summed E-state index contributed by atoms with van der Waals surface area (Å²) < 4.78 is 71.7. The smallest absolute Gasteiger partial charge is 0.416 e. The van der Waals surface area contributed by atoms with Crippen LogP contribution in [-0.2, 0) is 16.2 Å². The van der Waals surface area contributed by atoms with Crippen LogP contribution in [0.4, 0.5) is 24.5 Å². The van der Waals surface area contributed by atoms with Crippen LogP contribution in [0.2, 0.25) is 0 Å². The number of carbonyl (C=O) groups is 1. The molecule has 1 aliphatic heterocycles. The molecule has 3 aromatic rings. The zero-order valence-electron chi connectivity index (χ0n) is 16.6. The van der Waals surface area contributed by atoms with Crippen molar-refractivity contribution in [2.45, 2.75) is 11.1 Å². The molecule has 172 valence electrons. The highest BCUT2D eigenvalue weighted by Crippen LogP contribution is 2.36. The average Bonchev–Trinajstić information content (AvgIpc) is 2.89. The van der Waals surface area contributed by atoms with E-state index in [1.807, 2.05) is 0 Å². The van der Waals surface area contributed by atoms with E-state index in [1.165, 1.54) is 30.3 Å². The van der Waals surface area contributed by atoms with Gasteiger partial charge in [-0.3, -0.25) is 9.10 Å². The van der Waals surface area contributed by atoms with Crippen LogP contribution < -0.4 is 14.4 Å². The van der Waals surface area contributed by atoms with Crippen molar-refractivity contribution < 1.29 is 36.2 Å². The van der Waals surface area contributed by atoms with Gasteiger partial charge >= 0.3 is 6.18 Å². The predicted molar refractivity (Wildman–Crippen MR) is 110 cm³/mol. The van der Waals surface area contributed by atoms with Gasteiger partial charge in [-0.15, -0.1) is 10.2 Å². The molecule has 1 aliphatic rings. The first-order chi connectivity index (χ1) is 15.6. The molecule has 0 unspecified atom stereocenters. The van der Waals surface area contributed by atoms with Crippen LogP contribution in [-0.4, -0.2) is 42.8 Å². The zero-order chi connectivity index (χ0) is 23.8. The van der Waals surface area contributed by atoms with E-state index >= 15 is 0 Å². The van der Waals surface area contributed by atoms with Crippen molar-refractivity contribution in [1.29, 1.82) is 0 Å². The lowest BCUT2D eigenvalue weighted by molar-refractivity contribution is -0.137. The molecular weight excluding hydrogens is 465 g/mol. The Labute approximate surface area is 185 Å². The molecule has 0 fully saturated rings. The van der Waals surface area contributed by atoms with Gasteiger partial charge in [0.05, 0.1) is 17.8 Å². The number of aromatic nitrogens is 2. The second kappa shape index (κ2) is 8.24. The van der Waals surface area contributed by atoms with Crippen LogP contribution in [0.1, 0.15) is 16.1 Å². The number of ether oxygens (including phenoxy) is 1. The average molecular weight is 480 g/mol. The second-order valence-electron chi connectivity index (χ2n) is 6.86. The highest BCUT2D eigenvalue weighted by atomic mass is 32.2. The molecule has 2 heterocycles. The molecular formula is C20H15F3N4O5S. The van der Waals surface area contributed by atoms with E-state index in [0.717, 1.165) is 28.6 Å². The summed E-state index contributed by atoms with van der Waals surface area (Å²) in [6.45, 7) is -0.171. The first-order valence-corrected chi connectivity index (χ1v) is 10.8. The molecule has 1 amide bonds. The predicted octanol–water partition coefficient (Wildman–Crippen LogP) is 3.04. The molecule has 2 N–H and O–H groups in total. The van der Waals surface area contributed by atoms with Crippen molar-refractivity contribution in [3.63, 3.8) is 0 Å². The fraction of sp³-hybridized carbons (Fsp3) is 0.150. The number of nitrogens with one attached hydrogen (secondary N) is 1. The number of halogens is 3. The third-order valence-corrected chi connectivity index (χ3v) is 6.54. The van der Waals surface area contributed by atoms with Gasteiger partial charge in [0.15, 0.2) is 5.69 Å². The number of hydrogen-bond acceptors (Lipinski definition) is 7. The van der Waals surface area contributed by atoms with Crippen LogP contribution >= 0.6 is 0 Å². The number of anilines is 2. The summed E-state index contributed by atoms with van der Waals surface area (Å²) in [5.74, 6) is -1.04. The molecule has 9 nitrogen and oxygen atoms in total. The highest BCUT2D eigenvalue weighted by molar-refractivity contribution is 7.93. The monoisotopic (exact) mass is 480 g/mol. The van der Waals surface area contributed by atoms with Gasteiger partial charge in [0.25, 0.3) is 15.9 Å². The molecule has 0 radical (unpaired) electrons. The van der Waals surface area contributed by atoms with Gasteiger partial charge in [0, 0.05) is 11.8 Å². The Morgan fingerprint density at radius 3 is 2.42 bits per heavy atom. The largest absolute Gasteiger partial charge is 0.492 e. The van der Waals surface area contributed by atoms with E-state index in [-0.39, 0.29) is 46.7 Å². The molecule has 0 aliphatic carbocycles. The summed E-state index contributed by atoms with van der Waals surface area (Å²) >= 11 is 0. The van der Waals surface area contributed by atoms with E-state index in [2.05, 4.69) is 15.5 Å². The molecule has 0 atom stereocenters. The summed E-state index contributed by atoms with van der Waals surface area (Å²) in [5.41, 5.74) is -0.881. The number of amides is 1. The summed E-state index contributed by atoms with van der Waals surface area (Å²) in [6.07, 6.45) is -4.55. The zero-order valence-corrected chi connectivity index (χ0v) is 17.4. The van der Waals surface area contributed by atoms with Crippen molar-refractivity contribution in [1.82, 2.24) is 10.2 Å². The van der Waals surface area contributed by atoms with Crippen molar-refractivity contribution in [2.75, 3.05) is 22.8 Å². The Hall–Kier alpha value is -3.87. The minimum absolute atomic E-state index is 0.0341. The molecule has 0 bridgehead atoms. The number of alkyl halides is 3. The second-order valence-corrected chi connectivity index (χ2v) is 8.69. The first kappa shape index (κ1) is 22.3. The maximum absolute atomic E-state index is 13.3. The minimum Gasteiger partial charge on any atom is -0.492 e. The molecule has 0 saturated carbocycles. The Bertz CT molecular complexity index is 1300. The van der Waals surface area contributed by atoms with Gasteiger partial charge in [-0.25, -0.2) is 8.42 Å². The number of carbonyl (C=O) groups excluding carboxylic acids is 1. The van der Waals surface area contributed by atoms with Gasteiger partial charge in [0.2, 0.25) is 5.88 Å². The van der Waals surface area contributed by atoms with Crippen molar-refractivity contribution in [2.24, 2.45) is 0 Å². The van der Waals surface area contributed by atoms with Crippen LogP contribution in [0.25, 0.3) is 0 Å². The van der Waals surface area contributed by atoms with E-state index in [4.69, 9.17) is 4.74 Å². The highest BCUT2D eigenvalue weighted by Gasteiger charge is 2.33. The number of fused-ring (bicyclic) bond motifs is 1. The standard InChI is InChI=1S/C20H15F3N4O5S/c21-20(22,23)12-1-4-14(5-2-12)27-9-10-32-16-7-3-13(11-17(16)33(27,30)31)24-19(29)15-6-8-18(28)26-25-15/h1-8,11H,9-10H2,(H,24,29)(H,26,28). The maximum Gasteiger partial charge on any atom is 0.416 e. The number of sulfonamides is 1. The van der Waals surface area contributed by atoms with E-state index in [9.17, 15) is 31.5 Å². The molecule has 13 heteroatoms. The SMILES string of the molecule is O=C(Nc1ccc2c(c1)S(=O)(=O)N(c1ccc(C(F)(F)F)cc1)CCO2)c1ccc(O)nn1. The summed E-state index contributed by atoms with van der Waals surface area (Å²) in [7, 11) is -4.23. The van der Waals surface area contributed by atoms with Crippen molar-refractivity contribution in [3.05, 3.63) is 65.9 Å². The number of hydrogen-bond donors (Lipinski definition) is 2. The molecule has 4 rings (SSSR count). The molecule has 1 aromatic heterocycles. The summed E-state index contributed by atoms with van der Waals surface area (Å²) in [6, 6.07) is 10.1. The van der Waals surface area contributed by atoms with Gasteiger partial charge in [-0.2, -0.15) is 13.2 Å². The van der Waals surface area contributed by atoms with Crippen LogP contribution in [0.3, 0.4) is 0 Å². The number of aromatic hydroxyl groups is 1. The van der Waals surface area contributed by atoms with Crippen molar-refractivity contribution >= 4 is 27.3 Å².